The minimum Gasteiger partial charge on any atom is -0.244 e. The van der Waals surface area contributed by atoms with Crippen LogP contribution in [0.4, 0.5) is 4.39 Å². The van der Waals surface area contributed by atoms with Crippen molar-refractivity contribution in [2.45, 2.75) is 18.1 Å². The molecule has 0 saturated heterocycles. The van der Waals surface area contributed by atoms with Gasteiger partial charge in [-0.15, -0.1) is 0 Å². The third-order valence-electron chi connectivity index (χ3n) is 5.01. The van der Waals surface area contributed by atoms with Crippen molar-refractivity contribution in [3.05, 3.63) is 87.8 Å². The number of para-hydroxylation sites is 1. The maximum atomic E-state index is 13.9. The summed E-state index contributed by atoms with van der Waals surface area (Å²) < 4.78 is 41.9. The van der Waals surface area contributed by atoms with Crippen LogP contribution < -0.4 is 0 Å². The molecule has 0 bridgehead atoms. The van der Waals surface area contributed by atoms with E-state index in [1.165, 1.54) is 10.0 Å². The predicted molar refractivity (Wildman–Crippen MR) is 116 cm³/mol. The average Bonchev–Trinajstić information content (AvgIpc) is 3.08. The molecule has 1 atom stereocenters. The Bertz CT molecular complexity index is 1260. The van der Waals surface area contributed by atoms with Crippen molar-refractivity contribution < 1.29 is 12.8 Å². The van der Waals surface area contributed by atoms with Gasteiger partial charge in [-0.2, -0.15) is 0 Å². The highest BCUT2D eigenvalue weighted by Crippen LogP contribution is 2.42. The molecule has 0 amide bonds. The van der Waals surface area contributed by atoms with Gasteiger partial charge in [0.05, 0.1) is 10.5 Å². The molecule has 0 saturated carbocycles. The van der Waals surface area contributed by atoms with Crippen LogP contribution in [0.15, 0.2) is 71.4 Å². The Morgan fingerprint density at radius 2 is 1.89 bits per heavy atom. The summed E-state index contributed by atoms with van der Waals surface area (Å²) in [5, 5.41) is 0.833. The van der Waals surface area contributed by atoms with E-state index in [2.05, 4.69) is 15.9 Å². The highest BCUT2D eigenvalue weighted by Gasteiger charge is 2.42. The minimum absolute atomic E-state index is 0.0119. The number of fused-ring (bicyclic) bond motifs is 1. The SMILES string of the molecule is CC1(S(=O)(=O)n2ccc3ccccc32)C=C(Br)C=C(c2cccc(F)c2Cl)C1. The fourth-order valence-corrected chi connectivity index (χ4v) is 6.45. The first kappa shape index (κ1) is 19.4. The topological polar surface area (TPSA) is 39.1 Å². The lowest BCUT2D eigenvalue weighted by Crippen LogP contribution is -2.39. The van der Waals surface area contributed by atoms with E-state index in [4.69, 9.17) is 11.6 Å². The molecular formula is C21H16BrClFNO2S. The molecule has 1 heterocycles. The summed E-state index contributed by atoms with van der Waals surface area (Å²) in [6.45, 7) is 1.67. The van der Waals surface area contributed by atoms with E-state index in [0.29, 0.717) is 21.1 Å². The molecule has 0 N–H and O–H groups in total. The number of hydrogen-bond acceptors (Lipinski definition) is 2. The van der Waals surface area contributed by atoms with Crippen LogP contribution in [0.2, 0.25) is 5.02 Å². The molecule has 3 aromatic rings. The van der Waals surface area contributed by atoms with Crippen molar-refractivity contribution in [3.63, 3.8) is 0 Å². The van der Waals surface area contributed by atoms with Crippen molar-refractivity contribution in [3.8, 4) is 0 Å². The van der Waals surface area contributed by atoms with Gasteiger partial charge in [0.25, 0.3) is 0 Å². The summed E-state index contributed by atoms with van der Waals surface area (Å²) in [5.74, 6) is -0.535. The summed E-state index contributed by atoms with van der Waals surface area (Å²) in [5.41, 5.74) is 1.76. The lowest BCUT2D eigenvalue weighted by Gasteiger charge is -2.31. The van der Waals surface area contributed by atoms with E-state index in [1.54, 1.807) is 55.6 Å². The van der Waals surface area contributed by atoms with Crippen LogP contribution in [0.5, 0.6) is 0 Å². The number of aromatic nitrogens is 1. The second kappa shape index (κ2) is 6.87. The van der Waals surface area contributed by atoms with Gasteiger partial charge in [-0.25, -0.2) is 16.8 Å². The van der Waals surface area contributed by atoms with E-state index in [1.807, 2.05) is 12.1 Å². The molecule has 144 valence electrons. The summed E-state index contributed by atoms with van der Waals surface area (Å²) >= 11 is 9.58. The van der Waals surface area contributed by atoms with Crippen LogP contribution in [-0.4, -0.2) is 17.1 Å². The van der Waals surface area contributed by atoms with Crippen LogP contribution in [0.1, 0.15) is 18.9 Å². The van der Waals surface area contributed by atoms with E-state index < -0.39 is 20.6 Å². The van der Waals surface area contributed by atoms with Crippen LogP contribution in [-0.2, 0) is 10.0 Å². The fraction of sp³-hybridized carbons (Fsp3) is 0.143. The highest BCUT2D eigenvalue weighted by atomic mass is 79.9. The average molecular weight is 481 g/mol. The van der Waals surface area contributed by atoms with Crippen LogP contribution in [0.25, 0.3) is 16.5 Å². The highest BCUT2D eigenvalue weighted by molar-refractivity contribution is 9.11. The Morgan fingerprint density at radius 1 is 1.14 bits per heavy atom. The molecule has 3 nitrogen and oxygen atoms in total. The second-order valence-electron chi connectivity index (χ2n) is 6.97. The zero-order valence-electron chi connectivity index (χ0n) is 14.9. The quantitative estimate of drug-likeness (QED) is 0.452. The Labute approximate surface area is 176 Å². The zero-order valence-corrected chi connectivity index (χ0v) is 18.0. The molecule has 0 fully saturated rings. The smallest absolute Gasteiger partial charge is 0.244 e. The zero-order chi connectivity index (χ0) is 20.1. The standard InChI is InChI=1S/C21H16BrClFNO2S/c1-21(28(26,27)25-10-9-14-5-2-3-8-19(14)25)12-15(11-16(22)13-21)17-6-4-7-18(24)20(17)23/h2-11,13H,12H2,1H3. The molecule has 2 aromatic carbocycles. The molecular weight excluding hydrogens is 465 g/mol. The normalized spacial score (nSPS) is 20.1. The molecule has 1 aliphatic carbocycles. The van der Waals surface area contributed by atoms with Gasteiger partial charge in [-0.3, -0.25) is 0 Å². The van der Waals surface area contributed by atoms with Gasteiger partial charge in [0, 0.05) is 16.1 Å². The number of benzene rings is 2. The summed E-state index contributed by atoms with van der Waals surface area (Å²) in [6.07, 6.45) is 5.19. The van der Waals surface area contributed by atoms with Crippen LogP contribution in [0.3, 0.4) is 0 Å². The molecule has 7 heteroatoms. The molecule has 1 unspecified atom stereocenters. The first-order valence-corrected chi connectivity index (χ1v) is 11.2. The Hall–Kier alpha value is -1.89. The first-order valence-electron chi connectivity index (χ1n) is 8.57. The Balaban J connectivity index is 1.84. The monoisotopic (exact) mass is 479 g/mol. The van der Waals surface area contributed by atoms with E-state index >= 15 is 0 Å². The summed E-state index contributed by atoms with van der Waals surface area (Å²) in [6, 6.07) is 13.6. The predicted octanol–water partition coefficient (Wildman–Crippen LogP) is 6.14. The van der Waals surface area contributed by atoms with Gasteiger partial charge in [0.15, 0.2) is 0 Å². The van der Waals surface area contributed by atoms with Gasteiger partial charge in [0.1, 0.15) is 10.6 Å². The largest absolute Gasteiger partial charge is 0.248 e. The van der Waals surface area contributed by atoms with Crippen molar-refractivity contribution in [1.82, 2.24) is 3.97 Å². The minimum atomic E-state index is -3.81. The molecule has 0 radical (unpaired) electrons. The maximum Gasteiger partial charge on any atom is 0.248 e. The summed E-state index contributed by atoms with van der Waals surface area (Å²) in [4.78, 5) is 0. The van der Waals surface area contributed by atoms with Crippen molar-refractivity contribution in [2.24, 2.45) is 0 Å². The first-order chi connectivity index (χ1) is 13.2. The molecule has 1 aliphatic rings. The number of nitrogens with zero attached hydrogens (tertiary/aromatic N) is 1. The van der Waals surface area contributed by atoms with E-state index in [0.717, 1.165) is 5.39 Å². The van der Waals surface area contributed by atoms with Gasteiger partial charge in [-0.1, -0.05) is 57.9 Å². The van der Waals surface area contributed by atoms with Crippen LogP contribution >= 0.6 is 27.5 Å². The second-order valence-corrected chi connectivity index (χ2v) is 10.5. The van der Waals surface area contributed by atoms with Crippen LogP contribution in [0, 0.1) is 5.82 Å². The van der Waals surface area contributed by atoms with Crippen molar-refractivity contribution in [1.29, 1.82) is 0 Å². The lowest BCUT2D eigenvalue weighted by atomic mass is 9.90. The number of halogens is 3. The third-order valence-corrected chi connectivity index (χ3v) is 8.13. The third kappa shape index (κ3) is 3.04. The molecule has 28 heavy (non-hydrogen) atoms. The Morgan fingerprint density at radius 3 is 2.68 bits per heavy atom. The molecule has 0 spiro atoms. The number of hydrogen-bond donors (Lipinski definition) is 0. The fourth-order valence-electron chi connectivity index (χ4n) is 3.56. The Kier molecular flexibility index (Phi) is 4.76. The number of rotatable bonds is 3. The van der Waals surface area contributed by atoms with E-state index in [-0.39, 0.29) is 11.4 Å². The number of allylic oxidation sites excluding steroid dienone is 3. The molecule has 1 aromatic heterocycles. The van der Waals surface area contributed by atoms with Crippen molar-refractivity contribution >= 4 is 54.0 Å². The van der Waals surface area contributed by atoms with Gasteiger partial charge in [0.2, 0.25) is 10.0 Å². The van der Waals surface area contributed by atoms with Gasteiger partial charge >= 0.3 is 0 Å². The van der Waals surface area contributed by atoms with Gasteiger partial charge in [-0.05, 0) is 54.8 Å². The van der Waals surface area contributed by atoms with Crippen molar-refractivity contribution in [2.75, 3.05) is 0 Å². The molecule has 4 rings (SSSR count). The lowest BCUT2D eigenvalue weighted by molar-refractivity contribution is 0.556. The molecule has 0 aliphatic heterocycles. The van der Waals surface area contributed by atoms with E-state index in [9.17, 15) is 12.8 Å². The summed E-state index contributed by atoms with van der Waals surface area (Å²) in [7, 11) is -3.81. The maximum absolute atomic E-state index is 13.9. The van der Waals surface area contributed by atoms with Gasteiger partial charge < -0.3 is 0 Å².